The van der Waals surface area contributed by atoms with Gasteiger partial charge in [0.2, 0.25) is 17.7 Å². The molecule has 2 aromatic carbocycles. The Morgan fingerprint density at radius 2 is 1.96 bits per heavy atom. The van der Waals surface area contributed by atoms with Crippen LogP contribution >= 0.6 is 0 Å². The molecule has 7 heteroatoms. The lowest BCUT2D eigenvalue weighted by atomic mass is 10.1. The van der Waals surface area contributed by atoms with Crippen molar-refractivity contribution in [2.24, 2.45) is 0 Å². The lowest BCUT2D eigenvalue weighted by molar-refractivity contribution is -0.117. The Labute approximate surface area is 164 Å². The Hall–Kier alpha value is -3.19. The average molecular weight is 380 g/mol. The van der Waals surface area contributed by atoms with Crippen LogP contribution in [0.5, 0.6) is 5.75 Å². The molecule has 0 spiro atoms. The molecule has 0 aliphatic heterocycles. The third kappa shape index (κ3) is 4.75. The van der Waals surface area contributed by atoms with E-state index >= 15 is 0 Å². The van der Waals surface area contributed by atoms with Gasteiger partial charge in [0.15, 0.2) is 0 Å². The van der Waals surface area contributed by atoms with Crippen molar-refractivity contribution in [1.29, 1.82) is 0 Å². The molecule has 0 unspecified atom stereocenters. The Morgan fingerprint density at radius 3 is 2.64 bits per heavy atom. The van der Waals surface area contributed by atoms with Crippen LogP contribution in [0.15, 0.2) is 52.9 Å². The fraction of sp³-hybridized carbons (Fsp3) is 0.286. The molecule has 0 fully saturated rings. The molecule has 146 valence electrons. The lowest BCUT2D eigenvalue weighted by Gasteiger charge is -2.21. The van der Waals surface area contributed by atoms with Crippen molar-refractivity contribution in [2.75, 3.05) is 26.0 Å². The highest BCUT2D eigenvalue weighted by molar-refractivity contribution is 5.92. The fourth-order valence-corrected chi connectivity index (χ4v) is 2.73. The fourth-order valence-electron chi connectivity index (χ4n) is 2.73. The molecule has 1 amide bonds. The summed E-state index contributed by atoms with van der Waals surface area (Å²) < 4.78 is 10.9. The van der Waals surface area contributed by atoms with E-state index in [0.717, 1.165) is 16.9 Å². The quantitative estimate of drug-likeness (QED) is 0.673. The van der Waals surface area contributed by atoms with Crippen molar-refractivity contribution < 1.29 is 13.9 Å². The van der Waals surface area contributed by atoms with Gasteiger partial charge in [0.25, 0.3) is 0 Å². The first kappa shape index (κ1) is 19.6. The minimum Gasteiger partial charge on any atom is -0.497 e. The smallest absolute Gasteiger partial charge is 0.247 e. The van der Waals surface area contributed by atoms with Gasteiger partial charge in [-0.25, -0.2) is 0 Å². The molecule has 0 radical (unpaired) electrons. The summed E-state index contributed by atoms with van der Waals surface area (Å²) in [5.41, 5.74) is 2.72. The zero-order valence-corrected chi connectivity index (χ0v) is 16.5. The highest BCUT2D eigenvalue weighted by Gasteiger charge is 2.21. The second-order valence-electron chi connectivity index (χ2n) is 6.68. The maximum absolute atomic E-state index is 12.3. The first-order valence-electron chi connectivity index (χ1n) is 9.01. The van der Waals surface area contributed by atoms with Gasteiger partial charge in [-0.05, 0) is 57.3 Å². The Morgan fingerprint density at radius 1 is 1.21 bits per heavy atom. The molecular weight excluding hydrogens is 356 g/mol. The zero-order valence-electron chi connectivity index (χ0n) is 16.5. The molecular formula is C21H24N4O3. The molecule has 3 aromatic rings. The number of aromatic nitrogens is 2. The molecule has 3 rings (SSSR count). The number of hydrogen-bond donors (Lipinski definition) is 1. The van der Waals surface area contributed by atoms with Crippen molar-refractivity contribution in [2.45, 2.75) is 19.9 Å². The number of nitrogens with one attached hydrogen (secondary N) is 1. The number of carbonyl (C=O) groups excluding carboxylic acids is 1. The molecule has 28 heavy (non-hydrogen) atoms. The summed E-state index contributed by atoms with van der Waals surface area (Å²) in [6.45, 7) is 4.13. The van der Waals surface area contributed by atoms with Gasteiger partial charge in [-0.1, -0.05) is 17.7 Å². The number of methoxy groups -OCH3 is 1. The van der Waals surface area contributed by atoms with Crippen LogP contribution in [0.4, 0.5) is 5.69 Å². The number of likely N-dealkylation sites (N-methyl/N-ethyl adjacent to an activating group) is 1. The summed E-state index contributed by atoms with van der Waals surface area (Å²) in [5, 5.41) is 11.2. The maximum atomic E-state index is 12.3. The van der Waals surface area contributed by atoms with Gasteiger partial charge in [0.05, 0.1) is 19.7 Å². The summed E-state index contributed by atoms with van der Waals surface area (Å²) in [5.74, 6) is 1.56. The number of carbonyl (C=O) groups is 1. The number of benzene rings is 2. The van der Waals surface area contributed by atoms with E-state index in [4.69, 9.17) is 9.15 Å². The Bertz CT molecular complexity index is 937. The van der Waals surface area contributed by atoms with Gasteiger partial charge in [0, 0.05) is 11.3 Å². The molecule has 0 saturated heterocycles. The van der Waals surface area contributed by atoms with Crippen LogP contribution < -0.4 is 10.1 Å². The summed E-state index contributed by atoms with van der Waals surface area (Å²) in [4.78, 5) is 14.2. The third-order valence-corrected chi connectivity index (χ3v) is 4.49. The van der Waals surface area contributed by atoms with Crippen LogP contribution in [0.1, 0.15) is 24.4 Å². The van der Waals surface area contributed by atoms with E-state index in [-0.39, 0.29) is 18.5 Å². The number of hydrogen-bond acceptors (Lipinski definition) is 6. The normalized spacial score (nSPS) is 12.0. The van der Waals surface area contributed by atoms with Crippen molar-refractivity contribution in [3.8, 4) is 17.2 Å². The number of anilines is 1. The first-order valence-corrected chi connectivity index (χ1v) is 9.01. The Kier molecular flexibility index (Phi) is 6.06. The number of nitrogens with zero attached hydrogens (tertiary/aromatic N) is 3. The highest BCUT2D eigenvalue weighted by atomic mass is 16.5. The lowest BCUT2D eigenvalue weighted by Crippen LogP contribution is -2.32. The van der Waals surface area contributed by atoms with Crippen LogP contribution in [0, 0.1) is 6.92 Å². The van der Waals surface area contributed by atoms with E-state index in [1.807, 2.05) is 50.1 Å². The summed E-state index contributed by atoms with van der Waals surface area (Å²) in [6.07, 6.45) is 0. The number of ether oxygens (including phenoxy) is 1. The monoisotopic (exact) mass is 380 g/mol. The van der Waals surface area contributed by atoms with Crippen LogP contribution in [-0.2, 0) is 4.79 Å². The minimum atomic E-state index is -0.201. The summed E-state index contributed by atoms with van der Waals surface area (Å²) in [7, 11) is 3.45. The van der Waals surface area contributed by atoms with Crippen LogP contribution in [0.2, 0.25) is 0 Å². The summed E-state index contributed by atoms with van der Waals surface area (Å²) >= 11 is 0. The SMILES string of the molecule is COc1ccc(NC(=O)CN(C)[C@H](C)c2nnc(-c3cccc(C)c3)o2)cc1. The number of rotatable bonds is 7. The Balaban J connectivity index is 1.60. The first-order chi connectivity index (χ1) is 13.5. The minimum absolute atomic E-state index is 0.127. The van der Waals surface area contributed by atoms with E-state index < -0.39 is 0 Å². The van der Waals surface area contributed by atoms with Crippen molar-refractivity contribution in [3.05, 3.63) is 60.0 Å². The average Bonchev–Trinajstić information content (AvgIpc) is 3.18. The molecule has 1 N–H and O–H groups in total. The third-order valence-electron chi connectivity index (χ3n) is 4.49. The zero-order chi connectivity index (χ0) is 20.1. The molecule has 1 aromatic heterocycles. The van der Waals surface area contributed by atoms with E-state index in [1.54, 1.807) is 31.4 Å². The summed E-state index contributed by atoms with van der Waals surface area (Å²) in [6, 6.07) is 14.9. The van der Waals surface area contributed by atoms with E-state index in [9.17, 15) is 4.79 Å². The van der Waals surface area contributed by atoms with E-state index in [2.05, 4.69) is 15.5 Å². The largest absolute Gasteiger partial charge is 0.497 e. The van der Waals surface area contributed by atoms with Crippen LogP contribution in [-0.4, -0.2) is 41.7 Å². The molecule has 0 aliphatic carbocycles. The van der Waals surface area contributed by atoms with Gasteiger partial charge in [-0.3, -0.25) is 9.69 Å². The van der Waals surface area contributed by atoms with Crippen LogP contribution in [0.3, 0.4) is 0 Å². The second-order valence-corrected chi connectivity index (χ2v) is 6.68. The topological polar surface area (TPSA) is 80.5 Å². The van der Waals surface area contributed by atoms with Crippen LogP contribution in [0.25, 0.3) is 11.5 Å². The van der Waals surface area contributed by atoms with E-state index in [0.29, 0.717) is 17.5 Å². The van der Waals surface area contributed by atoms with E-state index in [1.165, 1.54) is 0 Å². The molecule has 0 aliphatic rings. The molecule has 7 nitrogen and oxygen atoms in total. The van der Waals surface area contributed by atoms with Gasteiger partial charge in [0.1, 0.15) is 5.75 Å². The highest BCUT2D eigenvalue weighted by Crippen LogP contribution is 2.24. The maximum Gasteiger partial charge on any atom is 0.247 e. The molecule has 1 heterocycles. The van der Waals surface area contributed by atoms with Gasteiger partial charge >= 0.3 is 0 Å². The molecule has 0 bridgehead atoms. The van der Waals surface area contributed by atoms with Gasteiger partial charge < -0.3 is 14.5 Å². The predicted octanol–water partition coefficient (Wildman–Crippen LogP) is 3.69. The van der Waals surface area contributed by atoms with Crippen molar-refractivity contribution in [1.82, 2.24) is 15.1 Å². The van der Waals surface area contributed by atoms with Gasteiger partial charge in [-0.2, -0.15) is 0 Å². The predicted molar refractivity (Wildman–Crippen MR) is 107 cm³/mol. The second kappa shape index (κ2) is 8.67. The van der Waals surface area contributed by atoms with Crippen molar-refractivity contribution in [3.63, 3.8) is 0 Å². The molecule has 0 saturated carbocycles. The number of aryl methyl sites for hydroxylation is 1. The van der Waals surface area contributed by atoms with Crippen molar-refractivity contribution >= 4 is 11.6 Å². The van der Waals surface area contributed by atoms with Gasteiger partial charge in [-0.15, -0.1) is 10.2 Å². The number of amides is 1. The standard InChI is InChI=1S/C21H24N4O3/c1-14-6-5-7-16(12-14)21-24-23-20(28-21)15(2)25(3)13-19(26)22-17-8-10-18(27-4)11-9-17/h5-12,15H,13H2,1-4H3,(H,22,26)/t15-/m1/s1. The molecule has 1 atom stereocenters.